The van der Waals surface area contributed by atoms with Crippen LogP contribution in [0.5, 0.6) is 5.75 Å². The largest absolute Gasteiger partial charge is 0.494 e. The molecule has 1 heterocycles. The quantitative estimate of drug-likeness (QED) is 0.253. The number of ether oxygens (including phenoxy) is 1. The lowest BCUT2D eigenvalue weighted by Crippen LogP contribution is -2.29. The van der Waals surface area contributed by atoms with Gasteiger partial charge in [0.25, 0.3) is 0 Å². The monoisotopic (exact) mass is 563 g/mol. The van der Waals surface area contributed by atoms with Crippen molar-refractivity contribution in [1.29, 1.82) is 0 Å². The molecule has 0 atom stereocenters. The van der Waals surface area contributed by atoms with Crippen molar-refractivity contribution >= 4 is 51.9 Å². The number of likely N-dealkylation sites (N-methyl/N-ethyl adjacent to an activating group) is 2. The number of amides is 1. The van der Waals surface area contributed by atoms with Crippen LogP contribution in [0.25, 0.3) is 0 Å². The molecule has 1 amide bonds. The SMILES string of the molecule is C=CC(=O)Nc1cc(Nc2cc(Nc3ccc(Cl)c(C(F)(F)F)c3)ncn2)c(OC)cc1N(C)CCN(C)C. The summed E-state index contributed by atoms with van der Waals surface area (Å²) in [5.41, 5.74) is 0.905. The van der Waals surface area contributed by atoms with E-state index < -0.39 is 16.8 Å². The minimum Gasteiger partial charge on any atom is -0.494 e. The van der Waals surface area contributed by atoms with Gasteiger partial charge in [-0.15, -0.1) is 0 Å². The van der Waals surface area contributed by atoms with E-state index in [4.69, 9.17) is 16.3 Å². The first-order chi connectivity index (χ1) is 18.4. The maximum absolute atomic E-state index is 13.2. The number of alkyl halides is 3. The molecule has 0 fully saturated rings. The molecule has 0 aliphatic heterocycles. The van der Waals surface area contributed by atoms with Gasteiger partial charge in [-0.05, 0) is 44.4 Å². The maximum atomic E-state index is 13.2. The summed E-state index contributed by atoms with van der Waals surface area (Å²) in [7, 11) is 7.35. The zero-order valence-electron chi connectivity index (χ0n) is 21.9. The summed E-state index contributed by atoms with van der Waals surface area (Å²) in [4.78, 5) is 24.5. The highest BCUT2D eigenvalue weighted by Gasteiger charge is 2.33. The molecule has 2 aromatic carbocycles. The normalized spacial score (nSPS) is 11.2. The highest BCUT2D eigenvalue weighted by atomic mass is 35.5. The predicted molar refractivity (Wildman–Crippen MR) is 149 cm³/mol. The Bertz CT molecular complexity index is 1340. The fourth-order valence-corrected chi connectivity index (χ4v) is 3.73. The van der Waals surface area contributed by atoms with Crippen LogP contribution >= 0.6 is 11.6 Å². The van der Waals surface area contributed by atoms with Crippen molar-refractivity contribution in [3.05, 3.63) is 66.0 Å². The van der Waals surface area contributed by atoms with Crippen LogP contribution in [0.2, 0.25) is 5.02 Å². The summed E-state index contributed by atoms with van der Waals surface area (Å²) in [6, 6.07) is 8.47. The van der Waals surface area contributed by atoms with E-state index in [2.05, 4.69) is 32.5 Å². The average molecular weight is 564 g/mol. The average Bonchev–Trinajstić information content (AvgIpc) is 2.88. The highest BCUT2D eigenvalue weighted by molar-refractivity contribution is 6.31. The lowest BCUT2D eigenvalue weighted by atomic mass is 10.2. The molecular weight excluding hydrogens is 535 g/mol. The molecule has 3 N–H and O–H groups in total. The Hall–Kier alpha value is -4.03. The molecule has 0 spiro atoms. The molecule has 39 heavy (non-hydrogen) atoms. The topological polar surface area (TPSA) is 94.7 Å². The van der Waals surface area contributed by atoms with Gasteiger partial charge in [0, 0.05) is 38.0 Å². The Balaban J connectivity index is 1.92. The van der Waals surface area contributed by atoms with Gasteiger partial charge >= 0.3 is 6.18 Å². The van der Waals surface area contributed by atoms with Crippen molar-refractivity contribution in [2.24, 2.45) is 0 Å². The van der Waals surface area contributed by atoms with Crippen molar-refractivity contribution in [3.8, 4) is 5.75 Å². The van der Waals surface area contributed by atoms with Crippen LogP contribution in [0.4, 0.5) is 47.6 Å². The summed E-state index contributed by atoms with van der Waals surface area (Å²) >= 11 is 5.71. The number of anilines is 6. The van der Waals surface area contributed by atoms with Crippen LogP contribution in [-0.2, 0) is 11.0 Å². The minimum atomic E-state index is -4.60. The number of benzene rings is 2. The Morgan fingerprint density at radius 3 is 2.36 bits per heavy atom. The van der Waals surface area contributed by atoms with E-state index in [1.807, 2.05) is 30.9 Å². The first-order valence-electron chi connectivity index (χ1n) is 11.7. The number of nitrogens with zero attached hydrogens (tertiary/aromatic N) is 4. The van der Waals surface area contributed by atoms with Gasteiger partial charge in [0.05, 0.1) is 34.8 Å². The van der Waals surface area contributed by atoms with Gasteiger partial charge in [-0.2, -0.15) is 13.2 Å². The molecule has 0 aliphatic carbocycles. The maximum Gasteiger partial charge on any atom is 0.417 e. The van der Waals surface area contributed by atoms with Crippen LogP contribution in [-0.4, -0.2) is 62.1 Å². The first-order valence-corrected chi connectivity index (χ1v) is 12.0. The number of hydrogen-bond donors (Lipinski definition) is 3. The second-order valence-corrected chi connectivity index (χ2v) is 9.13. The van der Waals surface area contributed by atoms with Crippen LogP contribution in [0.1, 0.15) is 5.56 Å². The van der Waals surface area contributed by atoms with Crippen molar-refractivity contribution in [2.75, 3.05) is 62.2 Å². The standard InChI is InChI=1S/C26H29ClF3N7O2/c1-6-25(38)35-19-12-20(22(39-5)13-21(19)37(4)10-9-36(2)3)34-24-14-23(31-15-32-24)33-16-7-8-18(27)17(11-16)26(28,29)30/h6-8,11-15H,1,9-10H2,2-5H3,(H,35,38)(H2,31,32,33,34). The number of methoxy groups -OCH3 is 1. The Labute approximate surface area is 229 Å². The van der Waals surface area contributed by atoms with Gasteiger partial charge < -0.3 is 30.5 Å². The van der Waals surface area contributed by atoms with Gasteiger partial charge in [0.2, 0.25) is 5.91 Å². The molecule has 13 heteroatoms. The zero-order valence-corrected chi connectivity index (χ0v) is 22.6. The van der Waals surface area contributed by atoms with E-state index in [-0.39, 0.29) is 17.4 Å². The summed E-state index contributed by atoms with van der Waals surface area (Å²) < 4.78 is 45.3. The summed E-state index contributed by atoms with van der Waals surface area (Å²) in [5, 5.41) is 8.37. The predicted octanol–water partition coefficient (Wildman–Crippen LogP) is 5.77. The molecule has 1 aromatic heterocycles. The molecule has 3 rings (SSSR count). The fourth-order valence-electron chi connectivity index (χ4n) is 3.51. The summed E-state index contributed by atoms with van der Waals surface area (Å²) in [6.45, 7) is 4.98. The number of hydrogen-bond acceptors (Lipinski definition) is 8. The van der Waals surface area contributed by atoms with Gasteiger partial charge in [0.1, 0.15) is 23.7 Å². The first kappa shape index (κ1) is 29.5. The van der Waals surface area contributed by atoms with E-state index in [0.29, 0.717) is 29.5 Å². The second-order valence-electron chi connectivity index (χ2n) is 8.72. The van der Waals surface area contributed by atoms with Crippen molar-refractivity contribution in [3.63, 3.8) is 0 Å². The molecule has 3 aromatic rings. The van der Waals surface area contributed by atoms with Gasteiger partial charge in [-0.25, -0.2) is 9.97 Å². The summed E-state index contributed by atoms with van der Waals surface area (Å²) in [6.07, 6.45) is -2.18. The Morgan fingerprint density at radius 1 is 1.05 bits per heavy atom. The van der Waals surface area contributed by atoms with Crippen LogP contribution in [0.3, 0.4) is 0 Å². The van der Waals surface area contributed by atoms with Gasteiger partial charge in [-0.3, -0.25) is 4.79 Å². The number of carbonyl (C=O) groups excluding carboxylic acids is 1. The number of halogens is 4. The van der Waals surface area contributed by atoms with Crippen molar-refractivity contribution < 1.29 is 22.7 Å². The van der Waals surface area contributed by atoms with Gasteiger partial charge in [-0.1, -0.05) is 18.2 Å². The molecule has 208 valence electrons. The lowest BCUT2D eigenvalue weighted by Gasteiger charge is -2.26. The van der Waals surface area contributed by atoms with Crippen LogP contribution in [0, 0.1) is 0 Å². The fraction of sp³-hybridized carbons (Fsp3) is 0.269. The Kier molecular flexibility index (Phi) is 9.60. The molecule has 0 saturated heterocycles. The smallest absolute Gasteiger partial charge is 0.417 e. The van der Waals surface area contributed by atoms with Crippen LogP contribution < -0.4 is 25.6 Å². The number of nitrogens with one attached hydrogen (secondary N) is 3. The molecular formula is C26H29ClF3N7O2. The molecule has 0 unspecified atom stereocenters. The van der Waals surface area contributed by atoms with Crippen molar-refractivity contribution in [1.82, 2.24) is 14.9 Å². The van der Waals surface area contributed by atoms with E-state index >= 15 is 0 Å². The third-order valence-electron chi connectivity index (χ3n) is 5.53. The van der Waals surface area contributed by atoms with E-state index in [9.17, 15) is 18.0 Å². The minimum absolute atomic E-state index is 0.147. The molecule has 0 aliphatic rings. The zero-order chi connectivity index (χ0) is 28.7. The van der Waals surface area contributed by atoms with E-state index in [0.717, 1.165) is 24.4 Å². The molecule has 0 radical (unpaired) electrons. The Morgan fingerprint density at radius 2 is 1.74 bits per heavy atom. The molecule has 0 bridgehead atoms. The van der Waals surface area contributed by atoms with E-state index in [1.165, 1.54) is 31.6 Å². The number of aromatic nitrogens is 2. The lowest BCUT2D eigenvalue weighted by molar-refractivity contribution is -0.137. The van der Waals surface area contributed by atoms with Crippen molar-refractivity contribution in [2.45, 2.75) is 6.18 Å². The third-order valence-corrected chi connectivity index (χ3v) is 5.86. The molecule has 0 saturated carbocycles. The molecule has 9 nitrogen and oxygen atoms in total. The van der Waals surface area contributed by atoms with E-state index in [1.54, 1.807) is 12.1 Å². The highest BCUT2D eigenvalue weighted by Crippen LogP contribution is 2.39. The number of rotatable bonds is 11. The van der Waals surface area contributed by atoms with Crippen LogP contribution in [0.15, 0.2) is 55.4 Å². The summed E-state index contributed by atoms with van der Waals surface area (Å²) in [5.74, 6) is 0.648. The second kappa shape index (κ2) is 12.7. The third kappa shape index (κ3) is 7.98. The van der Waals surface area contributed by atoms with Gasteiger partial charge in [0.15, 0.2) is 0 Å². The number of carbonyl (C=O) groups is 1.